The van der Waals surface area contributed by atoms with Crippen molar-refractivity contribution in [3.63, 3.8) is 0 Å². The number of nitro benzene ring substituents is 1. The van der Waals surface area contributed by atoms with Gasteiger partial charge in [-0.05, 0) is 25.0 Å². The Balaban J connectivity index is 1.83. The number of hydrogen-bond acceptors (Lipinski definition) is 5. The van der Waals surface area contributed by atoms with E-state index in [1.54, 1.807) is 36.3 Å². The Morgan fingerprint density at radius 3 is 2.96 bits per heavy atom. The van der Waals surface area contributed by atoms with E-state index in [1.807, 2.05) is 4.90 Å². The van der Waals surface area contributed by atoms with Crippen molar-refractivity contribution in [1.82, 2.24) is 9.78 Å². The Labute approximate surface area is 147 Å². The minimum atomic E-state index is -0.377. The van der Waals surface area contributed by atoms with Crippen LogP contribution in [0.25, 0.3) is 0 Å². The minimum absolute atomic E-state index is 0.0137. The summed E-state index contributed by atoms with van der Waals surface area (Å²) >= 11 is 3.28. The first kappa shape index (κ1) is 16.6. The van der Waals surface area contributed by atoms with E-state index in [4.69, 9.17) is 0 Å². The molecular weight excluding hydrogens is 376 g/mol. The Morgan fingerprint density at radius 1 is 1.50 bits per heavy atom. The van der Waals surface area contributed by atoms with E-state index in [0.717, 1.165) is 12.8 Å². The number of hydrogen-bond donors (Lipinski definition) is 0. The number of Topliss-reactive ketones (excluding diaryl/α,β-unsaturated/α-hetero) is 1. The van der Waals surface area contributed by atoms with Crippen LogP contribution < -0.4 is 4.90 Å². The molecule has 24 heavy (non-hydrogen) atoms. The zero-order valence-electron chi connectivity index (χ0n) is 13.2. The molecule has 1 saturated heterocycles. The molecular formula is C16H17BrN4O3. The molecule has 1 aliphatic rings. The van der Waals surface area contributed by atoms with E-state index in [-0.39, 0.29) is 22.4 Å². The number of ketones is 1. The van der Waals surface area contributed by atoms with E-state index in [2.05, 4.69) is 21.0 Å². The standard InChI is InChI=1S/C16H17BrN4O3/c1-19-10-11(9-18-19)16(22)8-13-3-2-6-20(13)14-5-4-12(17)7-15(14)21(23)24/h4-5,7,9-10,13H,2-3,6,8H2,1H3. The fraction of sp³-hybridized carbons (Fsp3) is 0.375. The summed E-state index contributed by atoms with van der Waals surface area (Å²) in [4.78, 5) is 25.4. The molecule has 0 N–H and O–H groups in total. The number of aryl methyl sites for hydroxylation is 1. The molecule has 2 aromatic rings. The highest BCUT2D eigenvalue weighted by Crippen LogP contribution is 2.36. The number of carbonyl (C=O) groups excluding carboxylic acids is 1. The summed E-state index contributed by atoms with van der Waals surface area (Å²) in [5.74, 6) is 0.0137. The topological polar surface area (TPSA) is 81.3 Å². The summed E-state index contributed by atoms with van der Waals surface area (Å²) in [5, 5.41) is 15.4. The third-order valence-electron chi connectivity index (χ3n) is 4.27. The number of aromatic nitrogens is 2. The third-order valence-corrected chi connectivity index (χ3v) is 4.76. The van der Waals surface area contributed by atoms with E-state index < -0.39 is 0 Å². The molecule has 1 aliphatic heterocycles. The Kier molecular flexibility index (Phi) is 4.66. The maximum absolute atomic E-state index is 12.4. The van der Waals surface area contributed by atoms with Crippen molar-refractivity contribution in [1.29, 1.82) is 0 Å². The van der Waals surface area contributed by atoms with E-state index in [9.17, 15) is 14.9 Å². The Morgan fingerprint density at radius 2 is 2.29 bits per heavy atom. The van der Waals surface area contributed by atoms with Crippen LogP contribution in [0.2, 0.25) is 0 Å². The van der Waals surface area contributed by atoms with Gasteiger partial charge in [0.05, 0.1) is 16.7 Å². The van der Waals surface area contributed by atoms with Crippen LogP contribution in [-0.2, 0) is 7.05 Å². The molecule has 126 valence electrons. The van der Waals surface area contributed by atoms with Gasteiger partial charge in [0, 0.05) is 42.8 Å². The van der Waals surface area contributed by atoms with Crippen molar-refractivity contribution >= 4 is 33.1 Å². The van der Waals surface area contributed by atoms with Gasteiger partial charge in [-0.3, -0.25) is 19.6 Å². The number of nitrogens with zero attached hydrogens (tertiary/aromatic N) is 4. The molecule has 3 rings (SSSR count). The lowest BCUT2D eigenvalue weighted by molar-refractivity contribution is -0.384. The number of benzene rings is 1. The second-order valence-electron chi connectivity index (χ2n) is 5.91. The van der Waals surface area contributed by atoms with Gasteiger partial charge >= 0.3 is 0 Å². The lowest BCUT2D eigenvalue weighted by Crippen LogP contribution is -2.31. The van der Waals surface area contributed by atoms with Crippen molar-refractivity contribution in [2.75, 3.05) is 11.4 Å². The first-order valence-electron chi connectivity index (χ1n) is 7.68. The van der Waals surface area contributed by atoms with Crippen LogP contribution in [0, 0.1) is 10.1 Å². The first-order chi connectivity index (χ1) is 11.5. The van der Waals surface area contributed by atoms with E-state index in [0.29, 0.717) is 28.7 Å². The monoisotopic (exact) mass is 392 g/mol. The van der Waals surface area contributed by atoms with Crippen LogP contribution in [0.4, 0.5) is 11.4 Å². The van der Waals surface area contributed by atoms with Crippen LogP contribution in [0.5, 0.6) is 0 Å². The average Bonchev–Trinajstić information content (AvgIpc) is 3.16. The second kappa shape index (κ2) is 6.72. The number of halogens is 1. The summed E-state index contributed by atoms with van der Waals surface area (Å²) < 4.78 is 2.26. The Hall–Kier alpha value is -2.22. The van der Waals surface area contributed by atoms with Gasteiger partial charge in [-0.1, -0.05) is 15.9 Å². The molecule has 0 spiro atoms. The van der Waals surface area contributed by atoms with Gasteiger partial charge in [0.25, 0.3) is 5.69 Å². The number of rotatable bonds is 5. The molecule has 2 heterocycles. The summed E-state index contributed by atoms with van der Waals surface area (Å²) in [7, 11) is 1.77. The average molecular weight is 393 g/mol. The molecule has 0 amide bonds. The predicted molar refractivity (Wildman–Crippen MR) is 93.3 cm³/mol. The highest BCUT2D eigenvalue weighted by Gasteiger charge is 2.31. The summed E-state index contributed by atoms with van der Waals surface area (Å²) in [5.41, 5.74) is 1.21. The summed E-state index contributed by atoms with van der Waals surface area (Å²) in [6, 6.07) is 5.02. The second-order valence-corrected chi connectivity index (χ2v) is 6.83. The number of carbonyl (C=O) groups is 1. The molecule has 0 radical (unpaired) electrons. The quantitative estimate of drug-likeness (QED) is 0.442. The third kappa shape index (κ3) is 3.33. The van der Waals surface area contributed by atoms with Crippen LogP contribution in [0.15, 0.2) is 35.1 Å². The van der Waals surface area contributed by atoms with Crippen LogP contribution in [-0.4, -0.2) is 33.1 Å². The SMILES string of the molecule is Cn1cc(C(=O)CC2CCCN2c2ccc(Br)cc2[N+](=O)[O-])cn1. The first-order valence-corrected chi connectivity index (χ1v) is 8.47. The van der Waals surface area contributed by atoms with Gasteiger partial charge in [-0.25, -0.2) is 0 Å². The van der Waals surface area contributed by atoms with Crippen LogP contribution >= 0.6 is 15.9 Å². The van der Waals surface area contributed by atoms with Gasteiger partial charge in [-0.2, -0.15) is 5.10 Å². The normalized spacial score (nSPS) is 17.2. The largest absolute Gasteiger partial charge is 0.363 e. The maximum atomic E-state index is 12.4. The molecule has 0 bridgehead atoms. The smallest absolute Gasteiger partial charge is 0.293 e. The molecule has 7 nitrogen and oxygen atoms in total. The molecule has 8 heteroatoms. The minimum Gasteiger partial charge on any atom is -0.363 e. The molecule has 1 aromatic carbocycles. The van der Waals surface area contributed by atoms with Crippen molar-refractivity contribution < 1.29 is 9.72 Å². The summed E-state index contributed by atoms with van der Waals surface area (Å²) in [6.07, 6.45) is 5.35. The Bertz CT molecular complexity index is 789. The van der Waals surface area contributed by atoms with Gasteiger partial charge in [-0.15, -0.1) is 0 Å². The lowest BCUT2D eigenvalue weighted by atomic mass is 10.0. The van der Waals surface area contributed by atoms with Crippen molar-refractivity contribution in [2.24, 2.45) is 7.05 Å². The van der Waals surface area contributed by atoms with Crippen molar-refractivity contribution in [3.05, 3.63) is 50.7 Å². The van der Waals surface area contributed by atoms with Gasteiger partial charge < -0.3 is 4.90 Å². The van der Waals surface area contributed by atoms with Gasteiger partial charge in [0.15, 0.2) is 5.78 Å². The zero-order chi connectivity index (χ0) is 17.3. The molecule has 1 unspecified atom stereocenters. The highest BCUT2D eigenvalue weighted by atomic mass is 79.9. The van der Waals surface area contributed by atoms with Crippen LogP contribution in [0.3, 0.4) is 0 Å². The number of anilines is 1. The van der Waals surface area contributed by atoms with Crippen molar-refractivity contribution in [3.8, 4) is 0 Å². The number of nitro groups is 1. The summed E-state index contributed by atoms with van der Waals surface area (Å²) in [6.45, 7) is 0.716. The lowest BCUT2D eigenvalue weighted by Gasteiger charge is -2.26. The van der Waals surface area contributed by atoms with Gasteiger partial charge in [0.1, 0.15) is 5.69 Å². The molecule has 1 aromatic heterocycles. The molecule has 0 aliphatic carbocycles. The molecule has 1 atom stereocenters. The maximum Gasteiger partial charge on any atom is 0.293 e. The molecule has 1 fully saturated rings. The van der Waals surface area contributed by atoms with Crippen LogP contribution in [0.1, 0.15) is 29.6 Å². The fourth-order valence-corrected chi connectivity index (χ4v) is 3.50. The fourth-order valence-electron chi connectivity index (χ4n) is 3.15. The van der Waals surface area contributed by atoms with E-state index in [1.165, 1.54) is 6.07 Å². The molecule has 0 saturated carbocycles. The van der Waals surface area contributed by atoms with E-state index >= 15 is 0 Å². The van der Waals surface area contributed by atoms with Crippen molar-refractivity contribution in [2.45, 2.75) is 25.3 Å². The zero-order valence-corrected chi connectivity index (χ0v) is 14.8. The van der Waals surface area contributed by atoms with Gasteiger partial charge in [0.2, 0.25) is 0 Å². The highest BCUT2D eigenvalue weighted by molar-refractivity contribution is 9.10. The predicted octanol–water partition coefficient (Wildman–Crippen LogP) is 3.33.